The van der Waals surface area contributed by atoms with Gasteiger partial charge in [-0.1, -0.05) is 367 Å². The number of aliphatic hydroxyl groups is 2. The highest BCUT2D eigenvalue weighted by Gasteiger charge is 2.20. The van der Waals surface area contributed by atoms with Crippen molar-refractivity contribution in [2.24, 2.45) is 0 Å². The summed E-state index contributed by atoms with van der Waals surface area (Å²) in [4.78, 5) is 12.6. The predicted octanol–water partition coefficient (Wildman–Crippen LogP) is 24.2. The number of carbonyl (C=O) groups excluding carboxylic acids is 1. The van der Waals surface area contributed by atoms with Crippen molar-refractivity contribution in [1.82, 2.24) is 5.32 Å². The summed E-state index contributed by atoms with van der Waals surface area (Å²) in [6, 6.07) is -0.546. The van der Waals surface area contributed by atoms with E-state index in [1.165, 1.54) is 238 Å². The van der Waals surface area contributed by atoms with Crippen LogP contribution in [0.5, 0.6) is 0 Å². The monoisotopic (exact) mass is 1110 g/mol. The number of hydrogen-bond donors (Lipinski definition) is 3. The fourth-order valence-electron chi connectivity index (χ4n) is 10.5. The van der Waals surface area contributed by atoms with Gasteiger partial charge in [-0.05, 0) is 83.5 Å². The van der Waals surface area contributed by atoms with Gasteiger partial charge >= 0.3 is 0 Å². The highest BCUT2D eigenvalue weighted by atomic mass is 16.3. The number of rotatable bonds is 64. The first-order valence-corrected chi connectivity index (χ1v) is 35.1. The van der Waals surface area contributed by atoms with Gasteiger partial charge in [0.05, 0.1) is 18.8 Å². The second-order valence-electron chi connectivity index (χ2n) is 23.6. The molecule has 462 valence electrons. The molecule has 0 radical (unpaired) electrons. The van der Waals surface area contributed by atoms with Gasteiger partial charge in [0.25, 0.3) is 0 Å². The van der Waals surface area contributed by atoms with Crippen molar-refractivity contribution in [3.63, 3.8) is 0 Å². The maximum atomic E-state index is 12.6. The summed E-state index contributed by atoms with van der Waals surface area (Å²) in [7, 11) is 0. The molecule has 0 aliphatic rings. The Bertz CT molecular complexity index is 1490. The average molecular weight is 1110 g/mol. The Morgan fingerprint density at radius 3 is 0.825 bits per heavy atom. The van der Waals surface area contributed by atoms with Crippen LogP contribution in [0.25, 0.3) is 0 Å². The van der Waals surface area contributed by atoms with E-state index in [0.717, 1.165) is 83.5 Å². The molecule has 0 aromatic rings. The first-order valence-electron chi connectivity index (χ1n) is 35.1. The van der Waals surface area contributed by atoms with Gasteiger partial charge in [0.1, 0.15) is 0 Å². The molecule has 2 unspecified atom stereocenters. The van der Waals surface area contributed by atoms with Crippen molar-refractivity contribution in [3.05, 3.63) is 109 Å². The molecule has 0 fully saturated rings. The molecule has 0 saturated carbocycles. The Hall–Kier alpha value is -2.95. The van der Waals surface area contributed by atoms with E-state index < -0.39 is 12.1 Å². The fourth-order valence-corrected chi connectivity index (χ4v) is 10.5. The largest absolute Gasteiger partial charge is 0.394 e. The van der Waals surface area contributed by atoms with Crippen LogP contribution in [-0.2, 0) is 4.79 Å². The Morgan fingerprint density at radius 1 is 0.312 bits per heavy atom. The molecule has 0 saturated heterocycles. The van der Waals surface area contributed by atoms with E-state index in [4.69, 9.17) is 0 Å². The summed E-state index contributed by atoms with van der Waals surface area (Å²) in [5.41, 5.74) is 0. The van der Waals surface area contributed by atoms with Crippen LogP contribution in [0.1, 0.15) is 348 Å². The maximum absolute atomic E-state index is 12.6. The third kappa shape index (κ3) is 65.9. The van der Waals surface area contributed by atoms with Gasteiger partial charge in [-0.15, -0.1) is 0 Å². The standard InChI is InChI=1S/C76H135NO3/c1-3-5-7-9-11-13-15-17-19-21-23-25-27-29-31-33-34-35-36-37-38-39-40-41-42-44-46-48-50-52-54-56-58-60-62-64-66-68-70-72-76(80)77-74(73-78)75(79)71-69-67-65-63-61-59-57-55-53-51-49-47-45-43-32-30-28-26-24-22-20-18-16-14-12-10-8-6-4-2/h5,7,11,13,17,19,23,25,29,31,34-35,37-38,40-41,44,46,74-75,78-79H,3-4,6,8-10,12,14-16,18,20-22,24,26-28,30,32-33,36,39,42-43,45,47-73H2,1-2H3,(H,77,80)/b7-5-,13-11-,19-17-,25-23-,31-29-,35-34-,38-37-,41-40-,46-44-. The molecule has 0 heterocycles. The van der Waals surface area contributed by atoms with Crippen LogP contribution in [-0.4, -0.2) is 34.9 Å². The molecule has 4 nitrogen and oxygen atoms in total. The Kier molecular flexibility index (Phi) is 67.7. The van der Waals surface area contributed by atoms with E-state index in [9.17, 15) is 15.0 Å². The number of carbonyl (C=O) groups is 1. The summed E-state index contributed by atoms with van der Waals surface area (Å²) < 4.78 is 0. The number of unbranched alkanes of at least 4 members (excludes halogenated alkanes) is 39. The number of nitrogens with one attached hydrogen (secondary N) is 1. The first kappa shape index (κ1) is 77.0. The van der Waals surface area contributed by atoms with Gasteiger partial charge in [-0.2, -0.15) is 0 Å². The van der Waals surface area contributed by atoms with Gasteiger partial charge in [-0.25, -0.2) is 0 Å². The quantitative estimate of drug-likeness (QED) is 0.0420. The molecule has 0 aromatic carbocycles. The molecule has 0 spiro atoms. The Labute approximate surface area is 499 Å². The molecule has 2 atom stereocenters. The van der Waals surface area contributed by atoms with Gasteiger partial charge in [0, 0.05) is 6.42 Å². The molecular formula is C76H135NO3. The van der Waals surface area contributed by atoms with Crippen LogP contribution in [0, 0.1) is 0 Å². The number of amides is 1. The Morgan fingerprint density at radius 2 is 0.550 bits per heavy atom. The normalized spacial score (nSPS) is 13.4. The molecule has 80 heavy (non-hydrogen) atoms. The van der Waals surface area contributed by atoms with Crippen molar-refractivity contribution >= 4 is 5.91 Å². The number of hydrogen-bond acceptors (Lipinski definition) is 3. The lowest BCUT2D eigenvalue weighted by Gasteiger charge is -2.22. The van der Waals surface area contributed by atoms with E-state index in [0.29, 0.717) is 12.8 Å². The van der Waals surface area contributed by atoms with E-state index in [2.05, 4.69) is 129 Å². The molecule has 0 aliphatic heterocycles. The van der Waals surface area contributed by atoms with Gasteiger partial charge < -0.3 is 15.5 Å². The Balaban J connectivity index is 3.50. The topological polar surface area (TPSA) is 69.6 Å². The lowest BCUT2D eigenvalue weighted by Crippen LogP contribution is -2.45. The third-order valence-electron chi connectivity index (χ3n) is 15.8. The van der Waals surface area contributed by atoms with Crippen LogP contribution in [0.2, 0.25) is 0 Å². The second-order valence-corrected chi connectivity index (χ2v) is 23.6. The lowest BCUT2D eigenvalue weighted by atomic mass is 10.0. The van der Waals surface area contributed by atoms with Crippen molar-refractivity contribution in [1.29, 1.82) is 0 Å². The number of allylic oxidation sites excluding steroid dienone is 18. The van der Waals surface area contributed by atoms with Crippen LogP contribution >= 0.6 is 0 Å². The predicted molar refractivity (Wildman–Crippen MR) is 359 cm³/mol. The summed E-state index contributed by atoms with van der Waals surface area (Å²) >= 11 is 0. The number of aliphatic hydroxyl groups excluding tert-OH is 2. The van der Waals surface area contributed by atoms with E-state index in [1.54, 1.807) is 0 Å². The van der Waals surface area contributed by atoms with Crippen molar-refractivity contribution in [2.75, 3.05) is 6.61 Å². The minimum absolute atomic E-state index is 0.0339. The third-order valence-corrected chi connectivity index (χ3v) is 15.8. The first-order chi connectivity index (χ1) is 39.7. The molecule has 4 heteroatoms. The van der Waals surface area contributed by atoms with Crippen LogP contribution < -0.4 is 5.32 Å². The zero-order valence-corrected chi connectivity index (χ0v) is 53.3. The van der Waals surface area contributed by atoms with Gasteiger partial charge in [0.2, 0.25) is 5.91 Å². The van der Waals surface area contributed by atoms with E-state index >= 15 is 0 Å². The minimum atomic E-state index is -0.669. The van der Waals surface area contributed by atoms with Gasteiger partial charge in [-0.3, -0.25) is 4.79 Å². The molecular weight excluding hydrogens is 975 g/mol. The lowest BCUT2D eigenvalue weighted by molar-refractivity contribution is -0.123. The smallest absolute Gasteiger partial charge is 0.220 e. The highest BCUT2D eigenvalue weighted by Crippen LogP contribution is 2.18. The summed E-state index contributed by atoms with van der Waals surface area (Å²) in [5.74, 6) is -0.0339. The summed E-state index contributed by atoms with van der Waals surface area (Å²) in [5, 5.41) is 23.5. The van der Waals surface area contributed by atoms with Crippen LogP contribution in [0.3, 0.4) is 0 Å². The molecule has 0 rings (SSSR count). The molecule has 0 aromatic heterocycles. The van der Waals surface area contributed by atoms with Crippen molar-refractivity contribution in [3.8, 4) is 0 Å². The van der Waals surface area contributed by atoms with Crippen molar-refractivity contribution < 1.29 is 15.0 Å². The summed E-state index contributed by atoms with van der Waals surface area (Å²) in [6.07, 6.45) is 106. The van der Waals surface area contributed by atoms with E-state index in [1.807, 2.05) is 0 Å². The van der Waals surface area contributed by atoms with Crippen LogP contribution in [0.4, 0.5) is 0 Å². The van der Waals surface area contributed by atoms with Gasteiger partial charge in [0.15, 0.2) is 0 Å². The SMILES string of the molecule is CC/C=C\C/C=C\C/C=C\C/C=C\C/C=C\C/C=C\C/C=C\C/C=C\C/C=C\CCCCCCCCCCCCCC(=O)NC(CO)C(O)CCCCCCCCCCCCCCCCCCCCCCCCCCCCCCC. The average Bonchev–Trinajstić information content (AvgIpc) is 3.46. The molecule has 0 bridgehead atoms. The fraction of sp³-hybridized carbons (Fsp3) is 0.750. The highest BCUT2D eigenvalue weighted by molar-refractivity contribution is 5.76. The van der Waals surface area contributed by atoms with Crippen LogP contribution in [0.15, 0.2) is 109 Å². The molecule has 0 aliphatic carbocycles. The second kappa shape index (κ2) is 70.3. The maximum Gasteiger partial charge on any atom is 0.220 e. The minimum Gasteiger partial charge on any atom is -0.394 e. The molecule has 1 amide bonds. The molecule has 3 N–H and O–H groups in total. The summed E-state index contributed by atoms with van der Waals surface area (Å²) in [6.45, 7) is 4.27. The van der Waals surface area contributed by atoms with Crippen molar-refractivity contribution in [2.45, 2.75) is 360 Å². The van der Waals surface area contributed by atoms with E-state index in [-0.39, 0.29) is 12.5 Å². The zero-order chi connectivity index (χ0) is 57.6. The zero-order valence-electron chi connectivity index (χ0n) is 53.3.